The van der Waals surface area contributed by atoms with Crippen molar-refractivity contribution in [2.45, 2.75) is 24.8 Å². The molecule has 0 atom stereocenters. The van der Waals surface area contributed by atoms with E-state index in [1.54, 1.807) is 11.3 Å². The predicted molar refractivity (Wildman–Crippen MR) is 64.4 cm³/mol. The average Bonchev–Trinajstić information content (AvgIpc) is 2.58. The van der Waals surface area contributed by atoms with Gasteiger partial charge < -0.3 is 5.11 Å². The van der Waals surface area contributed by atoms with E-state index in [-0.39, 0.29) is 6.61 Å². The van der Waals surface area contributed by atoms with Gasteiger partial charge in [-0.15, -0.1) is 24.0 Å². The van der Waals surface area contributed by atoms with Crippen LogP contribution >= 0.6 is 24.0 Å². The van der Waals surface area contributed by atoms with Crippen LogP contribution in [0.5, 0.6) is 0 Å². The lowest BCUT2D eigenvalue weighted by molar-refractivity contribution is 0.279. The second-order valence-electron chi connectivity index (χ2n) is 3.24. The maximum absolute atomic E-state index is 9.10. The van der Waals surface area contributed by atoms with Crippen LogP contribution in [0.2, 0.25) is 0 Å². The summed E-state index contributed by atoms with van der Waals surface area (Å²) in [7, 11) is 0. The van der Waals surface area contributed by atoms with E-state index in [9.17, 15) is 0 Å². The van der Waals surface area contributed by atoms with Crippen LogP contribution in [0, 0.1) is 0 Å². The fraction of sp³-hybridized carbons (Fsp3) is 0.273. The zero-order chi connectivity index (χ0) is 10.1. The van der Waals surface area contributed by atoms with Gasteiger partial charge >= 0.3 is 0 Å². The Labute approximate surface area is 92.8 Å². The lowest BCUT2D eigenvalue weighted by Crippen LogP contribution is -1.83. The highest BCUT2D eigenvalue weighted by Crippen LogP contribution is 2.30. The highest BCUT2D eigenvalue weighted by Gasteiger charge is 2.04. The zero-order valence-electron chi connectivity index (χ0n) is 7.95. The number of hydrogen-bond acceptors (Lipinski definition) is 3. The van der Waals surface area contributed by atoms with Gasteiger partial charge in [0.25, 0.3) is 0 Å². The third-order valence-electron chi connectivity index (χ3n) is 2.29. The Kier molecular flexibility index (Phi) is 2.81. The molecule has 0 spiro atoms. The van der Waals surface area contributed by atoms with Crippen LogP contribution in [0.3, 0.4) is 0 Å². The molecule has 74 valence electrons. The molecule has 0 unspecified atom stereocenters. The fourth-order valence-electron chi connectivity index (χ4n) is 1.47. The molecular formula is C11H12OS2. The molecule has 0 aliphatic carbocycles. The Morgan fingerprint density at radius 1 is 1.36 bits per heavy atom. The summed E-state index contributed by atoms with van der Waals surface area (Å²) in [6.45, 7) is 2.22. The molecule has 1 aromatic heterocycles. The number of fused-ring (bicyclic) bond motifs is 1. The van der Waals surface area contributed by atoms with Gasteiger partial charge in [0.1, 0.15) is 0 Å². The summed E-state index contributed by atoms with van der Waals surface area (Å²) < 4.78 is 1.24. The van der Waals surface area contributed by atoms with Gasteiger partial charge in [-0.3, -0.25) is 0 Å². The summed E-state index contributed by atoms with van der Waals surface area (Å²) in [4.78, 5) is 2.25. The van der Waals surface area contributed by atoms with Crippen molar-refractivity contribution >= 4 is 34.1 Å². The minimum absolute atomic E-state index is 0.0636. The van der Waals surface area contributed by atoms with E-state index in [2.05, 4.69) is 25.6 Å². The van der Waals surface area contributed by atoms with Crippen molar-refractivity contribution in [1.29, 1.82) is 0 Å². The summed E-state index contributed by atoms with van der Waals surface area (Å²) in [6, 6.07) is 6.25. The minimum Gasteiger partial charge on any atom is -0.392 e. The standard InChI is InChI=1S/C11H12OS2/c1-2-9-3-7-4-10(13)8(6-12)5-11(7)14-9/h3-5,12-13H,2,6H2,1H3. The van der Waals surface area contributed by atoms with Gasteiger partial charge in [-0.1, -0.05) is 6.92 Å². The van der Waals surface area contributed by atoms with Gasteiger partial charge in [0.15, 0.2) is 0 Å². The SMILES string of the molecule is CCc1cc2cc(S)c(CO)cc2s1. The molecule has 1 nitrogen and oxygen atoms in total. The Morgan fingerprint density at radius 2 is 2.14 bits per heavy atom. The largest absolute Gasteiger partial charge is 0.392 e. The highest BCUT2D eigenvalue weighted by molar-refractivity contribution is 7.80. The third-order valence-corrected chi connectivity index (χ3v) is 3.95. The van der Waals surface area contributed by atoms with Crippen molar-refractivity contribution in [3.63, 3.8) is 0 Å². The third kappa shape index (κ3) is 1.67. The molecule has 0 saturated heterocycles. The molecule has 1 N–H and O–H groups in total. The second kappa shape index (κ2) is 3.93. The molecule has 2 rings (SSSR count). The van der Waals surface area contributed by atoms with E-state index in [1.807, 2.05) is 12.1 Å². The van der Waals surface area contributed by atoms with E-state index >= 15 is 0 Å². The number of aliphatic hydroxyl groups is 1. The van der Waals surface area contributed by atoms with Crippen molar-refractivity contribution in [1.82, 2.24) is 0 Å². The Bertz CT molecular complexity index is 460. The Morgan fingerprint density at radius 3 is 2.79 bits per heavy atom. The number of hydrogen-bond donors (Lipinski definition) is 2. The molecule has 0 aliphatic heterocycles. The van der Waals surface area contributed by atoms with Crippen molar-refractivity contribution in [3.8, 4) is 0 Å². The van der Waals surface area contributed by atoms with Gasteiger partial charge in [-0.25, -0.2) is 0 Å². The van der Waals surface area contributed by atoms with Crippen molar-refractivity contribution in [2.75, 3.05) is 0 Å². The number of rotatable bonds is 2. The number of thiol groups is 1. The first kappa shape index (κ1) is 10.0. The van der Waals surface area contributed by atoms with E-state index in [1.165, 1.54) is 15.0 Å². The van der Waals surface area contributed by atoms with E-state index < -0.39 is 0 Å². The smallest absolute Gasteiger partial charge is 0.0693 e. The number of benzene rings is 1. The maximum Gasteiger partial charge on any atom is 0.0693 e. The molecule has 2 aromatic rings. The lowest BCUT2D eigenvalue weighted by atomic mass is 10.2. The average molecular weight is 224 g/mol. The summed E-state index contributed by atoms with van der Waals surface area (Å²) in [5, 5.41) is 10.3. The van der Waals surface area contributed by atoms with Gasteiger partial charge in [0, 0.05) is 14.5 Å². The van der Waals surface area contributed by atoms with E-state index in [0.717, 1.165) is 16.9 Å². The number of thiophene rings is 1. The summed E-state index contributed by atoms with van der Waals surface area (Å²) in [5.74, 6) is 0. The monoisotopic (exact) mass is 224 g/mol. The van der Waals surface area contributed by atoms with Crippen LogP contribution in [0.1, 0.15) is 17.4 Å². The molecule has 0 radical (unpaired) electrons. The van der Waals surface area contributed by atoms with Gasteiger partial charge in [0.2, 0.25) is 0 Å². The Balaban J connectivity index is 2.64. The molecule has 1 heterocycles. The first-order valence-corrected chi connectivity index (χ1v) is 5.86. The summed E-state index contributed by atoms with van der Waals surface area (Å²) in [5.41, 5.74) is 0.908. The predicted octanol–water partition coefficient (Wildman–Crippen LogP) is 3.24. The number of aryl methyl sites for hydroxylation is 1. The van der Waals surface area contributed by atoms with E-state index in [0.29, 0.717) is 0 Å². The normalized spacial score (nSPS) is 11.1. The van der Waals surface area contributed by atoms with Crippen LogP contribution in [0.25, 0.3) is 10.1 Å². The number of aliphatic hydroxyl groups excluding tert-OH is 1. The summed E-state index contributed by atoms with van der Waals surface area (Å²) in [6.07, 6.45) is 1.07. The van der Waals surface area contributed by atoms with Crippen LogP contribution in [-0.2, 0) is 13.0 Å². The minimum atomic E-state index is 0.0636. The molecule has 0 bridgehead atoms. The molecule has 14 heavy (non-hydrogen) atoms. The first-order valence-electron chi connectivity index (χ1n) is 4.59. The van der Waals surface area contributed by atoms with Crippen LogP contribution in [0.4, 0.5) is 0 Å². The highest BCUT2D eigenvalue weighted by atomic mass is 32.1. The quantitative estimate of drug-likeness (QED) is 0.750. The molecule has 1 aromatic carbocycles. The second-order valence-corrected chi connectivity index (χ2v) is 4.89. The van der Waals surface area contributed by atoms with Gasteiger partial charge in [-0.05, 0) is 35.6 Å². The molecule has 0 aliphatic rings. The van der Waals surface area contributed by atoms with Crippen LogP contribution in [-0.4, -0.2) is 5.11 Å². The van der Waals surface area contributed by atoms with Crippen molar-refractivity contribution in [3.05, 3.63) is 28.6 Å². The van der Waals surface area contributed by atoms with Gasteiger partial charge in [-0.2, -0.15) is 0 Å². The molecule has 0 fully saturated rings. The topological polar surface area (TPSA) is 20.2 Å². The Hall–Kier alpha value is -0.510. The first-order chi connectivity index (χ1) is 6.74. The molecule has 0 saturated carbocycles. The van der Waals surface area contributed by atoms with Crippen LogP contribution in [0.15, 0.2) is 23.1 Å². The maximum atomic E-state index is 9.10. The van der Waals surface area contributed by atoms with Crippen LogP contribution < -0.4 is 0 Å². The molecular weight excluding hydrogens is 212 g/mol. The van der Waals surface area contributed by atoms with E-state index in [4.69, 9.17) is 5.11 Å². The van der Waals surface area contributed by atoms with Crippen molar-refractivity contribution < 1.29 is 5.11 Å². The molecule has 3 heteroatoms. The molecule has 0 amide bonds. The lowest BCUT2D eigenvalue weighted by Gasteiger charge is -2.00. The van der Waals surface area contributed by atoms with Gasteiger partial charge in [0.05, 0.1) is 6.61 Å². The summed E-state index contributed by atoms with van der Waals surface area (Å²) >= 11 is 6.13. The van der Waals surface area contributed by atoms with Crippen molar-refractivity contribution in [2.24, 2.45) is 0 Å². The fourth-order valence-corrected chi connectivity index (χ4v) is 2.80. The zero-order valence-corrected chi connectivity index (χ0v) is 9.66.